The van der Waals surface area contributed by atoms with Crippen LogP contribution >= 0.6 is 0 Å². The maximum Gasteiger partial charge on any atom is 0.309 e. The van der Waals surface area contributed by atoms with Crippen molar-refractivity contribution in [3.63, 3.8) is 0 Å². The SMILES string of the molecule is COC(=O)Cc1ccc(OC/C=C(\C)c2ccc3c(c2)Cc2ccccc2-3)cc1. The average molecular weight is 384 g/mol. The Bertz CT molecular complexity index is 1060. The van der Waals surface area contributed by atoms with Gasteiger partial charge in [-0.15, -0.1) is 0 Å². The fourth-order valence-electron chi connectivity index (χ4n) is 3.71. The van der Waals surface area contributed by atoms with Crippen LogP contribution in [0.15, 0.2) is 72.8 Å². The molecule has 0 aromatic heterocycles. The highest BCUT2D eigenvalue weighted by Gasteiger charge is 2.17. The lowest BCUT2D eigenvalue weighted by Crippen LogP contribution is -2.04. The van der Waals surface area contributed by atoms with E-state index in [9.17, 15) is 4.79 Å². The van der Waals surface area contributed by atoms with Crippen molar-refractivity contribution < 1.29 is 14.3 Å². The van der Waals surface area contributed by atoms with Crippen molar-refractivity contribution in [2.45, 2.75) is 19.8 Å². The van der Waals surface area contributed by atoms with Crippen molar-refractivity contribution in [2.75, 3.05) is 13.7 Å². The number of allylic oxidation sites excluding steroid dienone is 1. The van der Waals surface area contributed by atoms with E-state index in [1.165, 1.54) is 40.5 Å². The Morgan fingerprint density at radius 1 is 0.966 bits per heavy atom. The third-order valence-corrected chi connectivity index (χ3v) is 5.39. The predicted molar refractivity (Wildman–Crippen MR) is 116 cm³/mol. The fourth-order valence-corrected chi connectivity index (χ4v) is 3.71. The summed E-state index contributed by atoms with van der Waals surface area (Å²) in [5, 5.41) is 0. The van der Waals surface area contributed by atoms with Crippen LogP contribution in [0.1, 0.15) is 29.2 Å². The van der Waals surface area contributed by atoms with Crippen LogP contribution in [0.2, 0.25) is 0 Å². The summed E-state index contributed by atoms with van der Waals surface area (Å²) in [6, 6.07) is 22.9. The van der Waals surface area contributed by atoms with Gasteiger partial charge >= 0.3 is 5.97 Å². The highest BCUT2D eigenvalue weighted by molar-refractivity contribution is 5.79. The van der Waals surface area contributed by atoms with Gasteiger partial charge in [-0.1, -0.05) is 54.6 Å². The van der Waals surface area contributed by atoms with Crippen LogP contribution in [-0.4, -0.2) is 19.7 Å². The first-order valence-electron chi connectivity index (χ1n) is 9.81. The van der Waals surface area contributed by atoms with Crippen LogP contribution < -0.4 is 4.74 Å². The van der Waals surface area contributed by atoms with E-state index < -0.39 is 0 Å². The molecule has 0 atom stereocenters. The molecule has 29 heavy (non-hydrogen) atoms. The Morgan fingerprint density at radius 2 is 1.72 bits per heavy atom. The molecule has 3 nitrogen and oxygen atoms in total. The molecule has 0 radical (unpaired) electrons. The van der Waals surface area contributed by atoms with Crippen LogP contribution in [0.25, 0.3) is 16.7 Å². The van der Waals surface area contributed by atoms with Gasteiger partial charge < -0.3 is 9.47 Å². The predicted octanol–water partition coefficient (Wildman–Crippen LogP) is 5.46. The van der Waals surface area contributed by atoms with Gasteiger partial charge in [0.05, 0.1) is 13.5 Å². The molecule has 146 valence electrons. The molecule has 0 saturated carbocycles. The topological polar surface area (TPSA) is 35.5 Å². The second kappa shape index (κ2) is 8.36. The van der Waals surface area contributed by atoms with Gasteiger partial charge in [-0.05, 0) is 70.5 Å². The standard InChI is InChI=1S/C26H24O3/c1-18(13-14-29-23-10-7-19(8-11-23)15-26(27)28-2)20-9-12-25-22(16-20)17-21-5-3-4-6-24(21)25/h3-13,16H,14-15,17H2,1-2H3/b18-13+. The molecular formula is C26H24O3. The maximum absolute atomic E-state index is 11.3. The number of esters is 1. The third-order valence-electron chi connectivity index (χ3n) is 5.39. The molecule has 0 aliphatic heterocycles. The van der Waals surface area contributed by atoms with Crippen LogP contribution in [-0.2, 0) is 22.4 Å². The van der Waals surface area contributed by atoms with E-state index in [-0.39, 0.29) is 12.4 Å². The van der Waals surface area contributed by atoms with Crippen molar-refractivity contribution in [1.29, 1.82) is 0 Å². The van der Waals surface area contributed by atoms with Gasteiger partial charge in [0.2, 0.25) is 0 Å². The zero-order valence-corrected chi connectivity index (χ0v) is 16.8. The molecule has 0 amide bonds. The number of methoxy groups -OCH3 is 1. The van der Waals surface area contributed by atoms with Crippen LogP contribution in [0.4, 0.5) is 0 Å². The normalized spacial score (nSPS) is 12.3. The van der Waals surface area contributed by atoms with Crippen LogP contribution in [0, 0.1) is 0 Å². The van der Waals surface area contributed by atoms with E-state index in [2.05, 4.69) is 60.2 Å². The number of carbonyl (C=O) groups is 1. The highest BCUT2D eigenvalue weighted by Crippen LogP contribution is 2.37. The van der Waals surface area contributed by atoms with E-state index in [1.807, 2.05) is 24.3 Å². The van der Waals surface area contributed by atoms with Gasteiger partial charge in [-0.3, -0.25) is 4.79 Å². The summed E-state index contributed by atoms with van der Waals surface area (Å²) >= 11 is 0. The molecule has 1 aliphatic rings. The van der Waals surface area contributed by atoms with E-state index in [0.717, 1.165) is 17.7 Å². The molecule has 0 fully saturated rings. The van der Waals surface area contributed by atoms with E-state index >= 15 is 0 Å². The van der Waals surface area contributed by atoms with E-state index in [1.54, 1.807) is 0 Å². The van der Waals surface area contributed by atoms with Gasteiger partial charge in [0, 0.05) is 0 Å². The Balaban J connectivity index is 1.39. The fraction of sp³-hybridized carbons (Fsp3) is 0.192. The van der Waals surface area contributed by atoms with Crippen molar-refractivity contribution in [1.82, 2.24) is 0 Å². The van der Waals surface area contributed by atoms with Crippen molar-refractivity contribution in [3.8, 4) is 16.9 Å². The molecule has 4 rings (SSSR count). The van der Waals surface area contributed by atoms with Gasteiger partial charge in [0.25, 0.3) is 0 Å². The Kier molecular flexibility index (Phi) is 5.48. The molecule has 1 aliphatic carbocycles. The molecule has 0 N–H and O–H groups in total. The largest absolute Gasteiger partial charge is 0.490 e. The minimum Gasteiger partial charge on any atom is -0.490 e. The van der Waals surface area contributed by atoms with Gasteiger partial charge in [0.15, 0.2) is 0 Å². The lowest BCUT2D eigenvalue weighted by Gasteiger charge is -2.08. The summed E-state index contributed by atoms with van der Waals surface area (Å²) < 4.78 is 10.5. The maximum atomic E-state index is 11.3. The number of fused-ring (bicyclic) bond motifs is 3. The summed E-state index contributed by atoms with van der Waals surface area (Å²) in [6.45, 7) is 2.62. The number of benzene rings is 3. The summed E-state index contributed by atoms with van der Waals surface area (Å²) in [7, 11) is 1.40. The second-order valence-corrected chi connectivity index (χ2v) is 7.30. The van der Waals surface area contributed by atoms with E-state index in [4.69, 9.17) is 4.74 Å². The zero-order valence-electron chi connectivity index (χ0n) is 16.8. The number of ether oxygens (including phenoxy) is 2. The van der Waals surface area contributed by atoms with Gasteiger partial charge in [-0.25, -0.2) is 0 Å². The number of hydrogen-bond donors (Lipinski definition) is 0. The first-order valence-corrected chi connectivity index (χ1v) is 9.81. The van der Waals surface area contributed by atoms with Crippen molar-refractivity contribution in [3.05, 3.63) is 95.1 Å². The lowest BCUT2D eigenvalue weighted by molar-refractivity contribution is -0.139. The number of rotatable bonds is 6. The first-order chi connectivity index (χ1) is 14.1. The summed E-state index contributed by atoms with van der Waals surface area (Å²) in [6.07, 6.45) is 3.38. The molecular weight excluding hydrogens is 360 g/mol. The number of carbonyl (C=O) groups excluding carboxylic acids is 1. The molecule has 3 aromatic carbocycles. The lowest BCUT2D eigenvalue weighted by atomic mass is 10.00. The smallest absolute Gasteiger partial charge is 0.309 e. The highest BCUT2D eigenvalue weighted by atomic mass is 16.5. The van der Waals surface area contributed by atoms with Gasteiger partial charge in [0.1, 0.15) is 12.4 Å². The Labute approximate surface area is 171 Å². The minimum absolute atomic E-state index is 0.241. The van der Waals surface area contributed by atoms with Crippen molar-refractivity contribution >= 4 is 11.5 Å². The minimum atomic E-state index is -0.241. The molecule has 3 heteroatoms. The molecule has 0 spiro atoms. The van der Waals surface area contributed by atoms with Gasteiger partial charge in [-0.2, -0.15) is 0 Å². The summed E-state index contributed by atoms with van der Waals surface area (Å²) in [5.74, 6) is 0.543. The van der Waals surface area contributed by atoms with E-state index in [0.29, 0.717) is 6.61 Å². The number of hydrogen-bond acceptors (Lipinski definition) is 3. The third kappa shape index (κ3) is 4.24. The second-order valence-electron chi connectivity index (χ2n) is 7.30. The van der Waals surface area contributed by atoms with Crippen molar-refractivity contribution in [2.24, 2.45) is 0 Å². The zero-order chi connectivity index (χ0) is 20.2. The molecule has 0 saturated heterocycles. The summed E-state index contributed by atoms with van der Waals surface area (Å²) in [4.78, 5) is 11.3. The van der Waals surface area contributed by atoms with Crippen LogP contribution in [0.5, 0.6) is 5.75 Å². The summed E-state index contributed by atoms with van der Waals surface area (Å²) in [5.41, 5.74) is 8.84. The molecule has 0 heterocycles. The molecule has 3 aromatic rings. The monoisotopic (exact) mass is 384 g/mol. The first kappa shape index (κ1) is 19.0. The Morgan fingerprint density at radius 3 is 2.52 bits per heavy atom. The average Bonchev–Trinajstić information content (AvgIpc) is 3.12. The molecule has 0 bridgehead atoms. The molecule has 0 unspecified atom stereocenters. The quantitative estimate of drug-likeness (QED) is 0.414. The van der Waals surface area contributed by atoms with Crippen LogP contribution in [0.3, 0.4) is 0 Å². The Hall–Kier alpha value is -3.33.